The van der Waals surface area contributed by atoms with E-state index in [-0.39, 0.29) is 11.7 Å². The topological polar surface area (TPSA) is 39.8 Å². The predicted molar refractivity (Wildman–Crippen MR) is 75.9 cm³/mol. The lowest BCUT2D eigenvalue weighted by molar-refractivity contribution is 0.102. The lowest BCUT2D eigenvalue weighted by Crippen LogP contribution is -2.09. The Morgan fingerprint density at radius 3 is 2.74 bits per heavy atom. The summed E-state index contributed by atoms with van der Waals surface area (Å²) in [5.41, 5.74) is 2.80. The summed E-state index contributed by atoms with van der Waals surface area (Å²) >= 11 is 5.63. The highest BCUT2D eigenvalue weighted by molar-refractivity contribution is 6.30. The maximum Gasteiger partial charge on any atom is 0.179 e. The highest BCUT2D eigenvalue weighted by Crippen LogP contribution is 2.17. The van der Waals surface area contributed by atoms with Gasteiger partial charge in [-0.2, -0.15) is 0 Å². The van der Waals surface area contributed by atoms with Crippen LogP contribution in [-0.2, 0) is 20.0 Å². The first-order valence-corrected chi connectivity index (χ1v) is 6.80. The smallest absolute Gasteiger partial charge is 0.179 e. The molecule has 0 radical (unpaired) electrons. The Bertz CT molecular complexity index is 598. The van der Waals surface area contributed by atoms with Crippen LogP contribution in [-0.4, -0.2) is 25.8 Å². The number of aromatic nitrogens is 3. The summed E-state index contributed by atoms with van der Waals surface area (Å²) in [6.45, 7) is 4.79. The first-order chi connectivity index (χ1) is 9.04. The third-order valence-corrected chi connectivity index (χ3v) is 3.72. The van der Waals surface area contributed by atoms with Crippen molar-refractivity contribution < 1.29 is 4.79 Å². The van der Waals surface area contributed by atoms with E-state index in [1.165, 1.54) is 0 Å². The quantitative estimate of drug-likeness (QED) is 0.623. The molecule has 0 aliphatic carbocycles. The van der Waals surface area contributed by atoms with Crippen LogP contribution >= 0.6 is 11.6 Å². The Morgan fingerprint density at radius 1 is 1.42 bits per heavy atom. The van der Waals surface area contributed by atoms with E-state index < -0.39 is 0 Å². The number of carbonyl (C=O) groups is 1. The second-order valence-corrected chi connectivity index (χ2v) is 4.96. The molecule has 0 bridgehead atoms. The lowest BCUT2D eigenvalue weighted by Gasteiger charge is -2.09. The molecule has 2 heterocycles. The zero-order chi connectivity index (χ0) is 14.0. The SMILES string of the molecule is Cc1cc(C(=O)CCl)c(C)n1CCc1nccn1C. The average Bonchev–Trinajstić information content (AvgIpc) is 2.91. The molecule has 5 heteroatoms. The second kappa shape index (κ2) is 5.61. The summed E-state index contributed by atoms with van der Waals surface area (Å²) in [6.07, 6.45) is 4.58. The van der Waals surface area contributed by atoms with Crippen molar-refractivity contribution in [2.24, 2.45) is 7.05 Å². The normalized spacial score (nSPS) is 10.9. The van der Waals surface area contributed by atoms with Gasteiger partial charge in [-0.05, 0) is 19.9 Å². The zero-order valence-corrected chi connectivity index (χ0v) is 12.2. The molecule has 0 atom stereocenters. The molecule has 2 rings (SSSR count). The van der Waals surface area contributed by atoms with Crippen LogP contribution in [0.5, 0.6) is 0 Å². The zero-order valence-electron chi connectivity index (χ0n) is 11.5. The van der Waals surface area contributed by atoms with Gasteiger partial charge in [0.1, 0.15) is 5.82 Å². The highest BCUT2D eigenvalue weighted by atomic mass is 35.5. The van der Waals surface area contributed by atoms with Gasteiger partial charge in [0.2, 0.25) is 0 Å². The van der Waals surface area contributed by atoms with Crippen molar-refractivity contribution in [3.8, 4) is 0 Å². The molecule has 4 nitrogen and oxygen atoms in total. The Balaban J connectivity index is 2.19. The maximum absolute atomic E-state index is 11.7. The number of ketones is 1. The monoisotopic (exact) mass is 279 g/mol. The Hall–Kier alpha value is -1.55. The van der Waals surface area contributed by atoms with E-state index in [4.69, 9.17) is 11.6 Å². The second-order valence-electron chi connectivity index (χ2n) is 4.70. The summed E-state index contributed by atoms with van der Waals surface area (Å²) in [7, 11) is 1.99. The standard InChI is InChI=1S/C14H18ClN3O/c1-10-8-12(13(19)9-15)11(2)18(10)6-4-14-16-5-7-17(14)3/h5,7-8H,4,6,9H2,1-3H3. The molecular formula is C14H18ClN3O. The van der Waals surface area contributed by atoms with Crippen molar-refractivity contribution in [2.45, 2.75) is 26.8 Å². The largest absolute Gasteiger partial charge is 0.348 e. The molecule has 2 aromatic rings. The van der Waals surface area contributed by atoms with Gasteiger partial charge in [0.05, 0.1) is 5.88 Å². The number of hydrogen-bond donors (Lipinski definition) is 0. The minimum atomic E-state index is -0.0157. The number of rotatable bonds is 5. The van der Waals surface area contributed by atoms with Crippen LogP contribution in [0.3, 0.4) is 0 Å². The average molecular weight is 280 g/mol. The van der Waals surface area contributed by atoms with Gasteiger partial charge in [-0.1, -0.05) is 0 Å². The fourth-order valence-corrected chi connectivity index (χ4v) is 2.49. The maximum atomic E-state index is 11.7. The number of imidazole rings is 1. The van der Waals surface area contributed by atoms with Crippen LogP contribution in [0.1, 0.15) is 27.6 Å². The number of nitrogens with zero attached hydrogens (tertiary/aromatic N) is 3. The molecule has 0 amide bonds. The Morgan fingerprint density at radius 2 is 2.16 bits per heavy atom. The van der Waals surface area contributed by atoms with Crippen LogP contribution in [0, 0.1) is 13.8 Å². The van der Waals surface area contributed by atoms with E-state index in [1.54, 1.807) is 6.20 Å². The molecule has 0 saturated heterocycles. The van der Waals surface area contributed by atoms with Gasteiger partial charge in [-0.15, -0.1) is 11.6 Å². The summed E-state index contributed by atoms with van der Waals surface area (Å²) < 4.78 is 4.16. The van der Waals surface area contributed by atoms with E-state index in [9.17, 15) is 4.79 Å². The van der Waals surface area contributed by atoms with Crippen molar-refractivity contribution in [3.63, 3.8) is 0 Å². The third kappa shape index (κ3) is 2.73. The fraction of sp³-hybridized carbons (Fsp3) is 0.429. The van der Waals surface area contributed by atoms with Gasteiger partial charge in [-0.3, -0.25) is 4.79 Å². The minimum absolute atomic E-state index is 0.0157. The molecule has 0 spiro atoms. The van der Waals surface area contributed by atoms with Crippen molar-refractivity contribution in [1.29, 1.82) is 0 Å². The highest BCUT2D eigenvalue weighted by Gasteiger charge is 2.14. The van der Waals surface area contributed by atoms with Crippen LogP contribution in [0.15, 0.2) is 18.5 Å². The fourth-order valence-electron chi connectivity index (χ4n) is 2.35. The van der Waals surface area contributed by atoms with Crippen molar-refractivity contribution in [2.75, 3.05) is 5.88 Å². The number of halogens is 1. The molecule has 0 fully saturated rings. The molecule has 0 aromatic carbocycles. The van der Waals surface area contributed by atoms with Gasteiger partial charge < -0.3 is 9.13 Å². The summed E-state index contributed by atoms with van der Waals surface area (Å²) in [5.74, 6) is 1.06. The molecule has 0 aliphatic heterocycles. The number of aryl methyl sites for hydroxylation is 3. The number of carbonyl (C=O) groups excluding carboxylic acids is 1. The number of hydrogen-bond acceptors (Lipinski definition) is 2. The van der Waals surface area contributed by atoms with Crippen molar-refractivity contribution >= 4 is 17.4 Å². The number of Topliss-reactive ketones (excluding diaryl/α,β-unsaturated/α-hetero) is 1. The van der Waals surface area contributed by atoms with Crippen LogP contribution < -0.4 is 0 Å². The Labute approximate surface area is 118 Å². The van der Waals surface area contributed by atoms with Crippen LogP contribution in [0.2, 0.25) is 0 Å². The minimum Gasteiger partial charge on any atom is -0.348 e. The van der Waals surface area contributed by atoms with E-state index >= 15 is 0 Å². The summed E-state index contributed by atoms with van der Waals surface area (Å²) in [6, 6.07) is 1.92. The first kappa shape index (κ1) is 13.9. The van der Waals surface area contributed by atoms with Gasteiger partial charge >= 0.3 is 0 Å². The van der Waals surface area contributed by atoms with E-state index in [2.05, 4.69) is 9.55 Å². The molecule has 0 N–H and O–H groups in total. The first-order valence-electron chi connectivity index (χ1n) is 6.26. The Kier molecular flexibility index (Phi) is 4.10. The third-order valence-electron chi connectivity index (χ3n) is 3.48. The van der Waals surface area contributed by atoms with Gasteiger partial charge in [0, 0.05) is 49.4 Å². The molecule has 0 unspecified atom stereocenters. The van der Waals surface area contributed by atoms with Crippen molar-refractivity contribution in [3.05, 3.63) is 41.2 Å². The predicted octanol–water partition coefficient (Wildman–Crippen LogP) is 2.50. The molecule has 102 valence electrons. The van der Waals surface area contributed by atoms with Gasteiger partial charge in [0.25, 0.3) is 0 Å². The van der Waals surface area contributed by atoms with Crippen LogP contribution in [0.25, 0.3) is 0 Å². The van der Waals surface area contributed by atoms with Crippen LogP contribution in [0.4, 0.5) is 0 Å². The lowest BCUT2D eigenvalue weighted by atomic mass is 10.2. The molecule has 19 heavy (non-hydrogen) atoms. The van der Waals surface area contributed by atoms with E-state index in [1.807, 2.05) is 37.7 Å². The van der Waals surface area contributed by atoms with Crippen molar-refractivity contribution in [1.82, 2.24) is 14.1 Å². The summed E-state index contributed by atoms with van der Waals surface area (Å²) in [4.78, 5) is 16.0. The van der Waals surface area contributed by atoms with Gasteiger partial charge in [-0.25, -0.2) is 4.98 Å². The molecular weight excluding hydrogens is 262 g/mol. The van der Waals surface area contributed by atoms with Gasteiger partial charge in [0.15, 0.2) is 5.78 Å². The van der Waals surface area contributed by atoms with E-state index in [0.29, 0.717) is 0 Å². The van der Waals surface area contributed by atoms with E-state index in [0.717, 1.165) is 35.7 Å². The molecule has 0 saturated carbocycles. The summed E-state index contributed by atoms with van der Waals surface area (Å²) in [5, 5.41) is 0. The molecule has 0 aliphatic rings. The number of alkyl halides is 1. The molecule has 2 aromatic heterocycles.